The van der Waals surface area contributed by atoms with Gasteiger partial charge in [-0.2, -0.15) is 5.10 Å². The first kappa shape index (κ1) is 11.8. The van der Waals surface area contributed by atoms with Crippen LogP contribution in [0.2, 0.25) is 0 Å². The Morgan fingerprint density at radius 1 is 1.28 bits per heavy atom. The van der Waals surface area contributed by atoms with Crippen molar-refractivity contribution in [3.63, 3.8) is 0 Å². The highest BCUT2D eigenvalue weighted by Crippen LogP contribution is 2.43. The van der Waals surface area contributed by atoms with E-state index in [-0.39, 0.29) is 5.38 Å². The second kappa shape index (κ2) is 4.43. The molecule has 0 radical (unpaired) electrons. The average Bonchev–Trinajstić information content (AvgIpc) is 2.72. The van der Waals surface area contributed by atoms with Gasteiger partial charge in [0.2, 0.25) is 0 Å². The maximum atomic E-state index is 6.53. The van der Waals surface area contributed by atoms with Gasteiger partial charge in [-0.1, -0.05) is 24.3 Å². The molecule has 2 atom stereocenters. The van der Waals surface area contributed by atoms with Crippen molar-refractivity contribution in [3.05, 3.63) is 52.3 Å². The van der Waals surface area contributed by atoms with Crippen LogP contribution in [-0.2, 0) is 6.42 Å². The molecule has 0 aliphatic heterocycles. The van der Waals surface area contributed by atoms with Gasteiger partial charge in [0.25, 0.3) is 0 Å². The van der Waals surface area contributed by atoms with Crippen LogP contribution < -0.4 is 0 Å². The Balaban J connectivity index is 1.97. The van der Waals surface area contributed by atoms with E-state index in [1.807, 2.05) is 0 Å². The lowest BCUT2D eigenvalue weighted by atomic mass is 9.81. The van der Waals surface area contributed by atoms with Crippen LogP contribution in [0.4, 0.5) is 0 Å². The van der Waals surface area contributed by atoms with Gasteiger partial charge in [-0.25, -0.2) is 0 Å². The van der Waals surface area contributed by atoms with E-state index in [4.69, 9.17) is 11.6 Å². The molecular formula is C15H17ClN2. The number of rotatable bonds is 1. The highest BCUT2D eigenvalue weighted by molar-refractivity contribution is 6.21. The van der Waals surface area contributed by atoms with Gasteiger partial charge in [0.1, 0.15) is 0 Å². The maximum absolute atomic E-state index is 6.53. The van der Waals surface area contributed by atoms with E-state index in [1.165, 1.54) is 16.7 Å². The molecule has 2 unspecified atom stereocenters. The van der Waals surface area contributed by atoms with Crippen LogP contribution in [0, 0.1) is 13.8 Å². The van der Waals surface area contributed by atoms with E-state index in [0.717, 1.165) is 24.2 Å². The number of hydrogen-bond acceptors (Lipinski definition) is 1. The molecule has 18 heavy (non-hydrogen) atoms. The van der Waals surface area contributed by atoms with E-state index in [9.17, 15) is 0 Å². The molecule has 0 fully saturated rings. The van der Waals surface area contributed by atoms with Crippen LogP contribution in [0.15, 0.2) is 24.3 Å². The summed E-state index contributed by atoms with van der Waals surface area (Å²) >= 11 is 6.53. The number of benzene rings is 1. The number of nitrogens with zero attached hydrogens (tertiary/aromatic N) is 1. The van der Waals surface area contributed by atoms with Crippen LogP contribution in [-0.4, -0.2) is 10.2 Å². The van der Waals surface area contributed by atoms with Gasteiger partial charge in [0.15, 0.2) is 0 Å². The molecule has 1 heterocycles. The number of alkyl halides is 1. The number of aromatic nitrogens is 2. The Hall–Kier alpha value is -1.28. The fourth-order valence-corrected chi connectivity index (χ4v) is 3.53. The summed E-state index contributed by atoms with van der Waals surface area (Å²) in [4.78, 5) is 0. The third-order valence-electron chi connectivity index (χ3n) is 3.95. The largest absolute Gasteiger partial charge is 0.282 e. The summed E-state index contributed by atoms with van der Waals surface area (Å²) in [5.74, 6) is 0.490. The summed E-state index contributed by atoms with van der Waals surface area (Å²) in [6, 6.07) is 8.58. The van der Waals surface area contributed by atoms with Crippen molar-refractivity contribution in [3.8, 4) is 0 Å². The van der Waals surface area contributed by atoms with Crippen molar-refractivity contribution >= 4 is 11.6 Å². The van der Waals surface area contributed by atoms with Crippen molar-refractivity contribution in [2.45, 2.75) is 38.0 Å². The lowest BCUT2D eigenvalue weighted by molar-refractivity contribution is 0.562. The molecule has 1 aliphatic carbocycles. The highest BCUT2D eigenvalue weighted by atomic mass is 35.5. The quantitative estimate of drug-likeness (QED) is 0.771. The second-order valence-corrected chi connectivity index (χ2v) is 5.70. The summed E-state index contributed by atoms with van der Waals surface area (Å²) in [5, 5.41) is 7.55. The molecule has 0 saturated carbocycles. The molecule has 3 rings (SSSR count). The molecule has 2 nitrogen and oxygen atoms in total. The fourth-order valence-electron chi connectivity index (χ4n) is 3.03. The Morgan fingerprint density at radius 2 is 2.06 bits per heavy atom. The smallest absolute Gasteiger partial charge is 0.0677 e. The van der Waals surface area contributed by atoms with E-state index >= 15 is 0 Å². The minimum atomic E-state index is 0.0807. The molecule has 0 amide bonds. The molecule has 3 heteroatoms. The number of nitrogens with one attached hydrogen (secondary N) is 1. The van der Waals surface area contributed by atoms with Gasteiger partial charge < -0.3 is 0 Å². The zero-order valence-electron chi connectivity index (χ0n) is 10.7. The monoisotopic (exact) mass is 260 g/mol. The van der Waals surface area contributed by atoms with Gasteiger partial charge in [0.05, 0.1) is 11.1 Å². The lowest BCUT2D eigenvalue weighted by Crippen LogP contribution is -2.15. The van der Waals surface area contributed by atoms with E-state index < -0.39 is 0 Å². The van der Waals surface area contributed by atoms with Crippen molar-refractivity contribution in [1.82, 2.24) is 10.2 Å². The first-order valence-electron chi connectivity index (χ1n) is 6.40. The third-order valence-corrected chi connectivity index (χ3v) is 4.34. The molecule has 1 aromatic carbocycles. The molecule has 0 spiro atoms. The van der Waals surface area contributed by atoms with E-state index in [1.54, 1.807) is 0 Å². The Bertz CT molecular complexity index is 574. The number of aromatic amines is 1. The molecule has 0 saturated heterocycles. The summed E-state index contributed by atoms with van der Waals surface area (Å²) in [6.07, 6.45) is 1.99. The summed E-state index contributed by atoms with van der Waals surface area (Å²) < 4.78 is 0. The summed E-state index contributed by atoms with van der Waals surface area (Å²) in [5.41, 5.74) is 6.25. The number of aryl methyl sites for hydroxylation is 2. The molecule has 1 aromatic heterocycles. The van der Waals surface area contributed by atoms with Gasteiger partial charge in [-0.15, -0.1) is 11.6 Å². The van der Waals surface area contributed by atoms with Gasteiger partial charge in [-0.05, 0) is 43.7 Å². The zero-order chi connectivity index (χ0) is 12.7. The van der Waals surface area contributed by atoms with E-state index in [0.29, 0.717) is 5.92 Å². The van der Waals surface area contributed by atoms with Crippen molar-refractivity contribution in [2.24, 2.45) is 0 Å². The molecular weight excluding hydrogens is 244 g/mol. The Labute approximate surface area is 112 Å². The third kappa shape index (κ3) is 1.85. The molecule has 1 N–H and O–H groups in total. The van der Waals surface area contributed by atoms with Crippen molar-refractivity contribution in [2.75, 3.05) is 0 Å². The van der Waals surface area contributed by atoms with Crippen LogP contribution >= 0.6 is 11.6 Å². The number of H-pyrrole nitrogens is 1. The molecule has 2 aromatic rings. The first-order valence-corrected chi connectivity index (χ1v) is 6.83. The first-order chi connectivity index (χ1) is 8.66. The van der Waals surface area contributed by atoms with Crippen LogP contribution in [0.5, 0.6) is 0 Å². The lowest BCUT2D eigenvalue weighted by Gasteiger charge is -2.27. The van der Waals surface area contributed by atoms with Gasteiger partial charge in [-0.3, -0.25) is 5.10 Å². The highest BCUT2D eigenvalue weighted by Gasteiger charge is 2.30. The molecule has 94 valence electrons. The fraction of sp³-hybridized carbons (Fsp3) is 0.400. The number of hydrogen-bond donors (Lipinski definition) is 1. The minimum absolute atomic E-state index is 0.0807. The van der Waals surface area contributed by atoms with E-state index in [2.05, 4.69) is 48.3 Å². The second-order valence-electron chi connectivity index (χ2n) is 5.17. The Kier molecular flexibility index (Phi) is 2.90. The van der Waals surface area contributed by atoms with Crippen molar-refractivity contribution < 1.29 is 0 Å². The van der Waals surface area contributed by atoms with Gasteiger partial charge >= 0.3 is 0 Å². The van der Waals surface area contributed by atoms with Gasteiger partial charge in [0, 0.05) is 11.3 Å². The van der Waals surface area contributed by atoms with Crippen LogP contribution in [0.1, 0.15) is 45.8 Å². The summed E-state index contributed by atoms with van der Waals surface area (Å²) in [7, 11) is 0. The molecule has 0 bridgehead atoms. The topological polar surface area (TPSA) is 28.7 Å². The number of fused-ring (bicyclic) bond motifs is 1. The summed E-state index contributed by atoms with van der Waals surface area (Å²) in [6.45, 7) is 4.22. The Morgan fingerprint density at radius 3 is 2.83 bits per heavy atom. The zero-order valence-corrected chi connectivity index (χ0v) is 11.5. The molecule has 1 aliphatic rings. The van der Waals surface area contributed by atoms with Crippen molar-refractivity contribution in [1.29, 1.82) is 0 Å². The number of halogens is 1. The standard InChI is InChI=1S/C15H17ClN2/c1-9-5-3-4-6-12(9)11-7-13(16)15-10(2)17-18-14(15)8-11/h3-6,11,13H,7-8H2,1-2H3,(H,17,18). The van der Waals surface area contributed by atoms with Crippen LogP contribution in [0.3, 0.4) is 0 Å². The average molecular weight is 261 g/mol. The SMILES string of the molecule is Cc1ccccc1C1Cc2n[nH]c(C)c2C(Cl)C1. The predicted octanol–water partition coefficient (Wildman–Crippen LogP) is 4.04. The predicted molar refractivity (Wildman–Crippen MR) is 74.2 cm³/mol. The normalized spacial score (nSPS) is 22.8. The maximum Gasteiger partial charge on any atom is 0.0677 e. The van der Waals surface area contributed by atoms with Crippen LogP contribution in [0.25, 0.3) is 0 Å². The minimum Gasteiger partial charge on any atom is -0.282 e.